The summed E-state index contributed by atoms with van der Waals surface area (Å²) in [5, 5.41) is 7.50. The molecule has 0 spiro atoms. The van der Waals surface area contributed by atoms with Crippen molar-refractivity contribution in [2.75, 3.05) is 6.61 Å². The van der Waals surface area contributed by atoms with Crippen molar-refractivity contribution in [1.82, 2.24) is 15.0 Å². The van der Waals surface area contributed by atoms with Crippen LogP contribution in [0.4, 0.5) is 0 Å². The number of carbonyl (C=O) groups is 1. The van der Waals surface area contributed by atoms with Gasteiger partial charge in [-0.05, 0) is 31.2 Å². The molecule has 0 aliphatic carbocycles. The first-order chi connectivity index (χ1) is 9.24. The molecule has 0 saturated heterocycles. The SMILES string of the molecule is CCOc1ccc(OCc2c(C=O)nnn2C)cc1. The Morgan fingerprint density at radius 2 is 1.84 bits per heavy atom. The highest BCUT2D eigenvalue weighted by Crippen LogP contribution is 2.18. The predicted octanol–water partition coefficient (Wildman–Crippen LogP) is 1.61. The second kappa shape index (κ2) is 5.99. The van der Waals surface area contributed by atoms with Crippen molar-refractivity contribution < 1.29 is 14.3 Å². The number of rotatable bonds is 6. The minimum Gasteiger partial charge on any atom is -0.494 e. The molecule has 0 atom stereocenters. The lowest BCUT2D eigenvalue weighted by atomic mass is 10.3. The molecule has 0 aliphatic heterocycles. The average molecular weight is 261 g/mol. The van der Waals surface area contributed by atoms with Crippen LogP contribution in [0.3, 0.4) is 0 Å². The number of benzene rings is 1. The van der Waals surface area contributed by atoms with Crippen LogP contribution in [-0.2, 0) is 13.7 Å². The number of carbonyl (C=O) groups excluding carboxylic acids is 1. The summed E-state index contributed by atoms with van der Waals surface area (Å²) in [6.07, 6.45) is 0.671. The molecule has 100 valence electrons. The van der Waals surface area contributed by atoms with E-state index in [9.17, 15) is 4.79 Å². The van der Waals surface area contributed by atoms with Crippen LogP contribution in [0.15, 0.2) is 24.3 Å². The standard InChI is InChI=1S/C13H15N3O3/c1-3-18-10-4-6-11(7-5-10)19-9-13-12(8-17)14-15-16(13)2/h4-8H,3,9H2,1-2H3. The molecule has 0 N–H and O–H groups in total. The van der Waals surface area contributed by atoms with Crippen LogP contribution >= 0.6 is 0 Å². The lowest BCUT2D eigenvalue weighted by Crippen LogP contribution is -2.05. The van der Waals surface area contributed by atoms with Gasteiger partial charge in [0.05, 0.1) is 6.61 Å². The van der Waals surface area contributed by atoms with E-state index >= 15 is 0 Å². The maximum atomic E-state index is 10.8. The van der Waals surface area contributed by atoms with Gasteiger partial charge < -0.3 is 9.47 Å². The average Bonchev–Trinajstić information content (AvgIpc) is 2.79. The van der Waals surface area contributed by atoms with Crippen molar-refractivity contribution in [3.8, 4) is 11.5 Å². The molecule has 0 aliphatic rings. The number of ether oxygens (including phenoxy) is 2. The molecule has 1 aromatic heterocycles. The fraction of sp³-hybridized carbons (Fsp3) is 0.308. The highest BCUT2D eigenvalue weighted by Gasteiger charge is 2.10. The molecule has 1 heterocycles. The van der Waals surface area contributed by atoms with Crippen molar-refractivity contribution in [3.05, 3.63) is 35.7 Å². The van der Waals surface area contributed by atoms with E-state index in [0.29, 0.717) is 30.0 Å². The largest absolute Gasteiger partial charge is 0.494 e. The van der Waals surface area contributed by atoms with E-state index < -0.39 is 0 Å². The lowest BCUT2D eigenvalue weighted by molar-refractivity contribution is 0.111. The molecule has 2 aromatic rings. The highest BCUT2D eigenvalue weighted by atomic mass is 16.5. The van der Waals surface area contributed by atoms with Crippen molar-refractivity contribution in [2.45, 2.75) is 13.5 Å². The summed E-state index contributed by atoms with van der Waals surface area (Å²) in [5.41, 5.74) is 0.942. The first-order valence-corrected chi connectivity index (χ1v) is 5.94. The zero-order chi connectivity index (χ0) is 13.7. The van der Waals surface area contributed by atoms with Gasteiger partial charge in [0.2, 0.25) is 0 Å². The Kier molecular flexibility index (Phi) is 4.12. The third-order valence-corrected chi connectivity index (χ3v) is 2.59. The molecule has 0 unspecified atom stereocenters. The Bertz CT molecular complexity index is 549. The van der Waals surface area contributed by atoms with E-state index in [-0.39, 0.29) is 6.61 Å². The molecule has 2 rings (SSSR count). The van der Waals surface area contributed by atoms with Crippen LogP contribution in [0.25, 0.3) is 0 Å². The van der Waals surface area contributed by atoms with Crippen molar-refractivity contribution in [1.29, 1.82) is 0 Å². The molecule has 0 bridgehead atoms. The zero-order valence-corrected chi connectivity index (χ0v) is 10.9. The van der Waals surface area contributed by atoms with E-state index in [4.69, 9.17) is 9.47 Å². The summed E-state index contributed by atoms with van der Waals surface area (Å²) in [5.74, 6) is 1.49. The number of aldehydes is 1. The lowest BCUT2D eigenvalue weighted by Gasteiger charge is -2.07. The fourth-order valence-corrected chi connectivity index (χ4v) is 1.60. The summed E-state index contributed by atoms with van der Waals surface area (Å²) in [6.45, 7) is 2.80. The summed E-state index contributed by atoms with van der Waals surface area (Å²) in [6, 6.07) is 7.30. The van der Waals surface area contributed by atoms with Gasteiger partial charge >= 0.3 is 0 Å². The predicted molar refractivity (Wildman–Crippen MR) is 68.3 cm³/mol. The number of hydrogen-bond acceptors (Lipinski definition) is 5. The molecular formula is C13H15N3O3. The minimum atomic E-state index is 0.242. The van der Waals surface area contributed by atoms with Gasteiger partial charge in [-0.2, -0.15) is 0 Å². The van der Waals surface area contributed by atoms with Gasteiger partial charge in [0.1, 0.15) is 23.8 Å². The first kappa shape index (κ1) is 13.1. The number of aryl methyl sites for hydroxylation is 1. The van der Waals surface area contributed by atoms with Crippen LogP contribution in [0.5, 0.6) is 11.5 Å². The first-order valence-electron chi connectivity index (χ1n) is 5.94. The Morgan fingerprint density at radius 1 is 1.21 bits per heavy atom. The minimum absolute atomic E-state index is 0.242. The molecule has 1 aromatic carbocycles. The third kappa shape index (κ3) is 3.09. The second-order valence-corrected chi connectivity index (χ2v) is 3.86. The molecule has 19 heavy (non-hydrogen) atoms. The zero-order valence-electron chi connectivity index (χ0n) is 10.9. The van der Waals surface area contributed by atoms with Gasteiger partial charge in [0, 0.05) is 7.05 Å². The van der Waals surface area contributed by atoms with Gasteiger partial charge in [-0.25, -0.2) is 4.68 Å². The smallest absolute Gasteiger partial charge is 0.172 e. The van der Waals surface area contributed by atoms with E-state index in [1.54, 1.807) is 7.05 Å². The monoisotopic (exact) mass is 261 g/mol. The Labute approximate surface area is 110 Å². The summed E-state index contributed by atoms with van der Waals surface area (Å²) in [7, 11) is 1.72. The summed E-state index contributed by atoms with van der Waals surface area (Å²) in [4.78, 5) is 10.8. The molecule has 0 radical (unpaired) electrons. The normalized spacial score (nSPS) is 10.2. The quantitative estimate of drug-likeness (QED) is 0.739. The van der Waals surface area contributed by atoms with Crippen LogP contribution < -0.4 is 9.47 Å². The van der Waals surface area contributed by atoms with Crippen molar-refractivity contribution in [3.63, 3.8) is 0 Å². The van der Waals surface area contributed by atoms with Gasteiger partial charge in [0.25, 0.3) is 0 Å². The maximum absolute atomic E-state index is 10.8. The van der Waals surface area contributed by atoms with Gasteiger partial charge in [-0.3, -0.25) is 4.79 Å². The van der Waals surface area contributed by atoms with E-state index in [1.807, 2.05) is 31.2 Å². The topological polar surface area (TPSA) is 66.2 Å². The molecule has 6 nitrogen and oxygen atoms in total. The van der Waals surface area contributed by atoms with E-state index in [1.165, 1.54) is 4.68 Å². The molecule has 6 heteroatoms. The van der Waals surface area contributed by atoms with Crippen LogP contribution in [0.1, 0.15) is 23.1 Å². The molecule has 0 saturated carbocycles. The molecule has 0 fully saturated rings. The number of nitrogens with zero attached hydrogens (tertiary/aromatic N) is 3. The van der Waals surface area contributed by atoms with Crippen LogP contribution in [0, 0.1) is 0 Å². The van der Waals surface area contributed by atoms with Gasteiger partial charge in [-0.15, -0.1) is 5.10 Å². The maximum Gasteiger partial charge on any atom is 0.172 e. The number of hydrogen-bond donors (Lipinski definition) is 0. The fourth-order valence-electron chi connectivity index (χ4n) is 1.60. The third-order valence-electron chi connectivity index (χ3n) is 2.59. The van der Waals surface area contributed by atoms with Crippen molar-refractivity contribution >= 4 is 6.29 Å². The van der Waals surface area contributed by atoms with Crippen LogP contribution in [-0.4, -0.2) is 27.9 Å². The van der Waals surface area contributed by atoms with Gasteiger partial charge in [-0.1, -0.05) is 5.21 Å². The summed E-state index contributed by atoms with van der Waals surface area (Å²) < 4.78 is 12.5. The van der Waals surface area contributed by atoms with E-state index in [0.717, 1.165) is 5.75 Å². The number of aromatic nitrogens is 3. The van der Waals surface area contributed by atoms with Crippen molar-refractivity contribution in [2.24, 2.45) is 7.05 Å². The molecule has 0 amide bonds. The second-order valence-electron chi connectivity index (χ2n) is 3.86. The Hall–Kier alpha value is -2.37. The van der Waals surface area contributed by atoms with E-state index in [2.05, 4.69) is 10.3 Å². The van der Waals surface area contributed by atoms with Gasteiger partial charge in [0.15, 0.2) is 12.0 Å². The molecular weight excluding hydrogens is 246 g/mol. The van der Waals surface area contributed by atoms with Crippen LogP contribution in [0.2, 0.25) is 0 Å². The summed E-state index contributed by atoms with van der Waals surface area (Å²) >= 11 is 0. The highest BCUT2D eigenvalue weighted by molar-refractivity contribution is 5.73. The Morgan fingerprint density at radius 3 is 2.42 bits per heavy atom. The Balaban J connectivity index is 2.01.